The average Bonchev–Trinajstić information content (AvgIpc) is 2.70. The van der Waals surface area contributed by atoms with E-state index < -0.39 is 0 Å². The summed E-state index contributed by atoms with van der Waals surface area (Å²) in [5.41, 5.74) is 1.81. The number of hydrogen-bond acceptors (Lipinski definition) is 3. The second-order valence-corrected chi connectivity index (χ2v) is 6.93. The van der Waals surface area contributed by atoms with Crippen molar-refractivity contribution in [3.63, 3.8) is 0 Å². The highest BCUT2D eigenvalue weighted by atomic mass is 32.1. The van der Waals surface area contributed by atoms with Crippen molar-refractivity contribution in [1.29, 1.82) is 0 Å². The lowest BCUT2D eigenvalue weighted by atomic mass is 10.1. The van der Waals surface area contributed by atoms with E-state index in [2.05, 4.69) is 42.4 Å². The van der Waals surface area contributed by atoms with E-state index in [4.69, 9.17) is 0 Å². The quantitative estimate of drug-likeness (QED) is 0.829. The van der Waals surface area contributed by atoms with E-state index in [1.807, 2.05) is 11.3 Å². The van der Waals surface area contributed by atoms with Gasteiger partial charge in [0.15, 0.2) is 0 Å². The smallest absolute Gasteiger partial charge is 0.0244 e. The SMILES string of the molecule is CC(C)(C)NCCCN1CCc2sccc2C1. The van der Waals surface area contributed by atoms with E-state index >= 15 is 0 Å². The van der Waals surface area contributed by atoms with Gasteiger partial charge in [-0.3, -0.25) is 4.90 Å². The van der Waals surface area contributed by atoms with Crippen LogP contribution in [0.25, 0.3) is 0 Å². The van der Waals surface area contributed by atoms with Crippen LogP contribution in [0.3, 0.4) is 0 Å². The molecule has 2 rings (SSSR count). The van der Waals surface area contributed by atoms with Crippen LogP contribution in [0.1, 0.15) is 37.6 Å². The zero-order chi connectivity index (χ0) is 12.3. The van der Waals surface area contributed by atoms with Crippen molar-refractivity contribution in [2.24, 2.45) is 0 Å². The van der Waals surface area contributed by atoms with Gasteiger partial charge in [0, 0.05) is 23.5 Å². The van der Waals surface area contributed by atoms with Crippen LogP contribution in [0.4, 0.5) is 0 Å². The summed E-state index contributed by atoms with van der Waals surface area (Å²) < 4.78 is 0. The zero-order valence-corrected chi connectivity index (χ0v) is 12.1. The molecule has 3 heteroatoms. The lowest BCUT2D eigenvalue weighted by Gasteiger charge is -2.27. The van der Waals surface area contributed by atoms with Crippen LogP contribution in [0.5, 0.6) is 0 Å². The molecule has 0 atom stereocenters. The van der Waals surface area contributed by atoms with Gasteiger partial charge in [-0.1, -0.05) is 0 Å². The van der Waals surface area contributed by atoms with Gasteiger partial charge in [0.2, 0.25) is 0 Å². The van der Waals surface area contributed by atoms with Gasteiger partial charge in [-0.05, 0) is 63.7 Å². The van der Waals surface area contributed by atoms with Crippen molar-refractivity contribution in [2.45, 2.75) is 45.7 Å². The molecule has 1 aliphatic heterocycles. The molecule has 0 radical (unpaired) electrons. The normalized spacial score (nSPS) is 17.1. The minimum atomic E-state index is 0.252. The summed E-state index contributed by atoms with van der Waals surface area (Å²) in [5, 5.41) is 5.78. The molecule has 0 fully saturated rings. The van der Waals surface area contributed by atoms with Crippen molar-refractivity contribution < 1.29 is 0 Å². The Kier molecular flexibility index (Phi) is 4.23. The summed E-state index contributed by atoms with van der Waals surface area (Å²) in [4.78, 5) is 4.19. The fraction of sp³-hybridized carbons (Fsp3) is 0.714. The Labute approximate surface area is 109 Å². The highest BCUT2D eigenvalue weighted by Crippen LogP contribution is 2.23. The van der Waals surface area contributed by atoms with E-state index in [0.29, 0.717) is 0 Å². The average molecular weight is 252 g/mol. The van der Waals surface area contributed by atoms with Gasteiger partial charge in [-0.25, -0.2) is 0 Å². The highest BCUT2D eigenvalue weighted by molar-refractivity contribution is 7.10. The molecule has 1 aromatic rings. The molecular formula is C14H24N2S. The molecule has 0 aromatic carbocycles. The third-order valence-electron chi connectivity index (χ3n) is 3.19. The summed E-state index contributed by atoms with van der Waals surface area (Å²) >= 11 is 1.92. The van der Waals surface area contributed by atoms with Crippen LogP contribution < -0.4 is 5.32 Å². The number of fused-ring (bicyclic) bond motifs is 1. The van der Waals surface area contributed by atoms with E-state index in [0.717, 1.165) is 13.1 Å². The van der Waals surface area contributed by atoms with E-state index in [1.54, 1.807) is 10.4 Å². The first-order valence-corrected chi connectivity index (χ1v) is 7.45. The molecule has 0 spiro atoms. The van der Waals surface area contributed by atoms with Gasteiger partial charge < -0.3 is 5.32 Å². The van der Waals surface area contributed by atoms with Gasteiger partial charge in [0.05, 0.1) is 0 Å². The Hall–Kier alpha value is -0.380. The maximum Gasteiger partial charge on any atom is 0.0244 e. The Morgan fingerprint density at radius 2 is 2.24 bits per heavy atom. The number of nitrogens with one attached hydrogen (secondary N) is 1. The standard InChI is InChI=1S/C14H24N2S/c1-14(2,3)15-7-4-8-16-9-5-13-12(11-16)6-10-17-13/h6,10,15H,4-5,7-9,11H2,1-3H3. The van der Waals surface area contributed by atoms with Gasteiger partial charge in [0.25, 0.3) is 0 Å². The zero-order valence-electron chi connectivity index (χ0n) is 11.3. The molecule has 0 bridgehead atoms. The second kappa shape index (κ2) is 5.51. The predicted octanol–water partition coefficient (Wildman–Crippen LogP) is 2.88. The summed E-state index contributed by atoms with van der Waals surface area (Å²) in [6.07, 6.45) is 2.50. The minimum absolute atomic E-state index is 0.252. The molecule has 1 aliphatic rings. The van der Waals surface area contributed by atoms with Crippen LogP contribution in [0.15, 0.2) is 11.4 Å². The maximum atomic E-state index is 3.55. The fourth-order valence-electron chi connectivity index (χ4n) is 2.26. The Morgan fingerprint density at radius 3 is 3.00 bits per heavy atom. The van der Waals surface area contributed by atoms with Crippen molar-refractivity contribution in [1.82, 2.24) is 10.2 Å². The molecule has 17 heavy (non-hydrogen) atoms. The molecule has 0 unspecified atom stereocenters. The van der Waals surface area contributed by atoms with Crippen molar-refractivity contribution in [2.75, 3.05) is 19.6 Å². The largest absolute Gasteiger partial charge is 0.312 e. The topological polar surface area (TPSA) is 15.3 Å². The molecule has 1 N–H and O–H groups in total. The number of rotatable bonds is 4. The van der Waals surface area contributed by atoms with Crippen molar-refractivity contribution >= 4 is 11.3 Å². The summed E-state index contributed by atoms with van der Waals surface area (Å²) in [6.45, 7) is 11.4. The van der Waals surface area contributed by atoms with Crippen LogP contribution in [0, 0.1) is 0 Å². The Balaban J connectivity index is 1.68. The van der Waals surface area contributed by atoms with Gasteiger partial charge >= 0.3 is 0 Å². The lowest BCUT2D eigenvalue weighted by molar-refractivity contribution is 0.248. The van der Waals surface area contributed by atoms with Crippen LogP contribution >= 0.6 is 11.3 Å². The Morgan fingerprint density at radius 1 is 1.41 bits per heavy atom. The molecular weight excluding hydrogens is 228 g/mol. The van der Waals surface area contributed by atoms with E-state index in [9.17, 15) is 0 Å². The van der Waals surface area contributed by atoms with Crippen LogP contribution in [-0.2, 0) is 13.0 Å². The highest BCUT2D eigenvalue weighted by Gasteiger charge is 2.16. The predicted molar refractivity (Wildman–Crippen MR) is 75.7 cm³/mol. The van der Waals surface area contributed by atoms with Crippen molar-refractivity contribution in [3.05, 3.63) is 21.9 Å². The maximum absolute atomic E-state index is 3.55. The van der Waals surface area contributed by atoms with Gasteiger partial charge in [-0.15, -0.1) is 11.3 Å². The lowest BCUT2D eigenvalue weighted by Crippen LogP contribution is -2.38. The molecule has 2 nitrogen and oxygen atoms in total. The fourth-order valence-corrected chi connectivity index (χ4v) is 3.15. The van der Waals surface area contributed by atoms with Gasteiger partial charge in [0.1, 0.15) is 0 Å². The Bertz CT molecular complexity index is 351. The van der Waals surface area contributed by atoms with E-state index in [-0.39, 0.29) is 5.54 Å². The first-order valence-electron chi connectivity index (χ1n) is 6.57. The summed E-state index contributed by atoms with van der Waals surface area (Å²) in [7, 11) is 0. The molecule has 0 amide bonds. The molecule has 1 aromatic heterocycles. The third kappa shape index (κ3) is 4.09. The summed E-state index contributed by atoms with van der Waals surface area (Å²) in [5.74, 6) is 0. The molecule has 96 valence electrons. The number of thiophene rings is 1. The number of hydrogen-bond donors (Lipinski definition) is 1. The third-order valence-corrected chi connectivity index (χ3v) is 4.22. The second-order valence-electron chi connectivity index (χ2n) is 5.93. The first-order chi connectivity index (χ1) is 8.04. The first kappa shape index (κ1) is 13.1. The molecule has 0 saturated heterocycles. The summed E-state index contributed by atoms with van der Waals surface area (Å²) in [6, 6.07) is 2.29. The van der Waals surface area contributed by atoms with Crippen molar-refractivity contribution in [3.8, 4) is 0 Å². The molecule has 2 heterocycles. The molecule has 0 saturated carbocycles. The minimum Gasteiger partial charge on any atom is -0.312 e. The monoisotopic (exact) mass is 252 g/mol. The number of nitrogens with zero attached hydrogens (tertiary/aromatic N) is 1. The van der Waals surface area contributed by atoms with E-state index in [1.165, 1.54) is 25.9 Å². The van der Waals surface area contributed by atoms with Crippen LogP contribution in [0.2, 0.25) is 0 Å². The van der Waals surface area contributed by atoms with Crippen LogP contribution in [-0.4, -0.2) is 30.1 Å². The molecule has 0 aliphatic carbocycles. The van der Waals surface area contributed by atoms with Gasteiger partial charge in [-0.2, -0.15) is 0 Å².